The first kappa shape index (κ1) is 25.5. The van der Waals surface area contributed by atoms with Gasteiger partial charge in [0.25, 0.3) is 12.3 Å². The number of benzene rings is 2. The Balaban J connectivity index is 1.62. The molecule has 2 aliphatic rings. The van der Waals surface area contributed by atoms with Gasteiger partial charge >= 0.3 is 5.97 Å². The van der Waals surface area contributed by atoms with E-state index in [9.17, 15) is 27.5 Å². The number of halogens is 4. The van der Waals surface area contributed by atoms with Gasteiger partial charge < -0.3 is 19.3 Å². The van der Waals surface area contributed by atoms with E-state index in [-0.39, 0.29) is 18.6 Å². The molecule has 5 rings (SSSR count). The predicted molar refractivity (Wildman–Crippen MR) is 131 cm³/mol. The maximum absolute atomic E-state index is 14.4. The summed E-state index contributed by atoms with van der Waals surface area (Å²) in [7, 11) is 2.01. The number of aliphatic carboxylic acids is 1. The van der Waals surface area contributed by atoms with E-state index in [1.165, 1.54) is 24.3 Å². The molecule has 6 nitrogen and oxygen atoms in total. The van der Waals surface area contributed by atoms with E-state index in [1.54, 1.807) is 4.57 Å². The van der Waals surface area contributed by atoms with Crippen LogP contribution in [0.3, 0.4) is 0 Å². The molecule has 3 unspecified atom stereocenters. The largest absolute Gasteiger partial charge is 0.481 e. The van der Waals surface area contributed by atoms with Crippen LogP contribution in [0, 0.1) is 0 Å². The van der Waals surface area contributed by atoms with E-state index in [1.807, 2.05) is 19.2 Å². The molecule has 3 aromatic rings. The van der Waals surface area contributed by atoms with Crippen LogP contribution in [0.15, 0.2) is 36.4 Å². The number of carbonyl (C=O) groups is 1. The molecule has 198 valence electrons. The molecule has 1 fully saturated rings. The highest BCUT2D eigenvalue weighted by Crippen LogP contribution is 2.40. The van der Waals surface area contributed by atoms with Crippen LogP contribution < -0.4 is 4.90 Å². The molecule has 0 aliphatic carbocycles. The van der Waals surface area contributed by atoms with Crippen LogP contribution in [-0.2, 0) is 22.4 Å². The minimum Gasteiger partial charge on any atom is -0.481 e. The summed E-state index contributed by atoms with van der Waals surface area (Å²) in [6.07, 6.45) is -1.52. The number of carboxylic acids is 1. The standard InChI is InChI=1S/C27H29F4N3O3/c1-15-3-8-19-21(33(15)2)9-10-22-24(19)32-23(34(22)18-12-27(30,31)14-37-13-18)11-20(26(35)36)16-4-6-17(7-5-16)25(28)29/h4-7,9-10,15,18,20,25H,3,8,11-14H2,1-2H3,(H,35,36). The van der Waals surface area contributed by atoms with E-state index in [0.29, 0.717) is 28.5 Å². The normalized spacial score (nSPS) is 22.3. The van der Waals surface area contributed by atoms with Crippen molar-refractivity contribution in [1.82, 2.24) is 9.55 Å². The predicted octanol–water partition coefficient (Wildman–Crippen LogP) is 5.75. The molecule has 2 aromatic carbocycles. The highest BCUT2D eigenvalue weighted by Gasteiger charge is 2.40. The molecular weight excluding hydrogens is 490 g/mol. The fourth-order valence-corrected chi connectivity index (χ4v) is 5.54. The Morgan fingerprint density at radius 1 is 1.19 bits per heavy atom. The number of anilines is 1. The van der Waals surface area contributed by atoms with E-state index < -0.39 is 43.3 Å². The average molecular weight is 520 g/mol. The number of hydrogen-bond donors (Lipinski definition) is 1. The second kappa shape index (κ2) is 9.63. The second-order valence-corrected chi connectivity index (χ2v) is 10.1. The summed E-state index contributed by atoms with van der Waals surface area (Å²) < 4.78 is 61.8. The Bertz CT molecular complexity index is 1310. The zero-order valence-corrected chi connectivity index (χ0v) is 20.6. The van der Waals surface area contributed by atoms with Gasteiger partial charge in [0.15, 0.2) is 0 Å². The molecule has 3 atom stereocenters. The zero-order chi connectivity index (χ0) is 26.5. The van der Waals surface area contributed by atoms with E-state index in [0.717, 1.165) is 24.1 Å². The summed E-state index contributed by atoms with van der Waals surface area (Å²) in [4.78, 5) is 19.3. The van der Waals surface area contributed by atoms with Crippen LogP contribution in [0.2, 0.25) is 0 Å². The van der Waals surface area contributed by atoms with Crippen LogP contribution in [0.4, 0.5) is 23.2 Å². The van der Waals surface area contributed by atoms with Gasteiger partial charge in [-0.1, -0.05) is 24.3 Å². The highest BCUT2D eigenvalue weighted by atomic mass is 19.3. The van der Waals surface area contributed by atoms with Gasteiger partial charge in [0, 0.05) is 42.7 Å². The van der Waals surface area contributed by atoms with Crippen LogP contribution >= 0.6 is 0 Å². The van der Waals surface area contributed by atoms with Crippen molar-refractivity contribution in [2.45, 2.75) is 63.0 Å². The third kappa shape index (κ3) is 4.79. The quantitative estimate of drug-likeness (QED) is 0.420. The molecule has 2 aliphatic heterocycles. The maximum Gasteiger partial charge on any atom is 0.311 e. The van der Waals surface area contributed by atoms with Crippen molar-refractivity contribution in [3.05, 3.63) is 58.9 Å². The lowest BCUT2D eigenvalue weighted by Crippen LogP contribution is -2.37. The van der Waals surface area contributed by atoms with Crippen LogP contribution in [-0.4, -0.2) is 52.9 Å². The first-order chi connectivity index (χ1) is 17.6. The van der Waals surface area contributed by atoms with Gasteiger partial charge in [-0.05, 0) is 37.5 Å². The number of nitrogens with zero attached hydrogens (tertiary/aromatic N) is 3. The summed E-state index contributed by atoms with van der Waals surface area (Å²) in [6, 6.07) is 8.62. The summed E-state index contributed by atoms with van der Waals surface area (Å²) in [5.41, 5.74) is 3.51. The maximum atomic E-state index is 14.4. The molecule has 1 aromatic heterocycles. The zero-order valence-electron chi connectivity index (χ0n) is 20.6. The molecule has 0 radical (unpaired) electrons. The minimum atomic E-state index is -3.02. The molecule has 0 bridgehead atoms. The lowest BCUT2D eigenvalue weighted by Gasteiger charge is -2.34. The summed E-state index contributed by atoms with van der Waals surface area (Å²) in [5.74, 6) is -4.89. The van der Waals surface area contributed by atoms with Gasteiger partial charge in [0.1, 0.15) is 12.4 Å². The Morgan fingerprint density at radius 3 is 2.54 bits per heavy atom. The van der Waals surface area contributed by atoms with Gasteiger partial charge in [-0.2, -0.15) is 0 Å². The SMILES string of the molecule is CC1CCc2c(ccc3c2nc(CC(C(=O)O)c2ccc(C(F)F)cc2)n3C2COCC(F)(F)C2)N1C. The van der Waals surface area contributed by atoms with Crippen molar-refractivity contribution in [3.63, 3.8) is 0 Å². The third-order valence-electron chi connectivity index (χ3n) is 7.67. The van der Waals surface area contributed by atoms with Gasteiger partial charge in [0.05, 0.1) is 29.6 Å². The number of imidazole rings is 1. The molecule has 3 heterocycles. The fourth-order valence-electron chi connectivity index (χ4n) is 5.54. The summed E-state index contributed by atoms with van der Waals surface area (Å²) >= 11 is 0. The van der Waals surface area contributed by atoms with Gasteiger partial charge in [-0.15, -0.1) is 0 Å². The van der Waals surface area contributed by atoms with Crippen molar-refractivity contribution in [2.75, 3.05) is 25.2 Å². The van der Waals surface area contributed by atoms with Crippen molar-refractivity contribution in [3.8, 4) is 0 Å². The molecule has 1 N–H and O–H groups in total. The number of ether oxygens (including phenoxy) is 1. The van der Waals surface area contributed by atoms with Crippen molar-refractivity contribution >= 4 is 22.7 Å². The molecule has 0 amide bonds. The van der Waals surface area contributed by atoms with Crippen molar-refractivity contribution in [2.24, 2.45) is 0 Å². The van der Waals surface area contributed by atoms with Crippen molar-refractivity contribution < 1.29 is 32.2 Å². The first-order valence-electron chi connectivity index (χ1n) is 12.4. The Hall–Kier alpha value is -3.14. The van der Waals surface area contributed by atoms with Gasteiger partial charge in [0.2, 0.25) is 0 Å². The molecule has 10 heteroatoms. The Kier molecular flexibility index (Phi) is 6.64. The first-order valence-corrected chi connectivity index (χ1v) is 12.4. The molecular formula is C27H29F4N3O3. The van der Waals surface area contributed by atoms with E-state index in [4.69, 9.17) is 9.72 Å². The number of fused-ring (bicyclic) bond motifs is 3. The summed E-state index contributed by atoms with van der Waals surface area (Å²) in [6.45, 7) is 1.54. The number of hydrogen-bond acceptors (Lipinski definition) is 4. The summed E-state index contributed by atoms with van der Waals surface area (Å²) in [5, 5.41) is 10.0. The number of aryl methyl sites for hydroxylation is 1. The Morgan fingerprint density at radius 2 is 1.89 bits per heavy atom. The third-order valence-corrected chi connectivity index (χ3v) is 7.67. The monoisotopic (exact) mass is 519 g/mol. The number of rotatable bonds is 6. The Labute approximate surface area is 211 Å². The lowest BCUT2D eigenvalue weighted by molar-refractivity contribution is -0.139. The van der Waals surface area contributed by atoms with Crippen molar-refractivity contribution in [1.29, 1.82) is 0 Å². The molecule has 0 spiro atoms. The van der Waals surface area contributed by atoms with Crippen LogP contribution in [0.5, 0.6) is 0 Å². The minimum absolute atomic E-state index is 0.0584. The highest BCUT2D eigenvalue weighted by molar-refractivity contribution is 5.86. The number of aromatic nitrogens is 2. The number of alkyl halides is 4. The molecule has 0 saturated carbocycles. The molecule has 1 saturated heterocycles. The topological polar surface area (TPSA) is 67.6 Å². The smallest absolute Gasteiger partial charge is 0.311 e. The fraction of sp³-hybridized carbons (Fsp3) is 0.481. The lowest BCUT2D eigenvalue weighted by atomic mass is 9.94. The van der Waals surface area contributed by atoms with E-state index >= 15 is 0 Å². The van der Waals surface area contributed by atoms with Gasteiger partial charge in [-0.3, -0.25) is 4.79 Å². The molecule has 37 heavy (non-hydrogen) atoms. The second-order valence-electron chi connectivity index (χ2n) is 10.1. The van der Waals surface area contributed by atoms with Crippen LogP contribution in [0.1, 0.15) is 60.7 Å². The van der Waals surface area contributed by atoms with E-state index in [2.05, 4.69) is 11.8 Å². The number of carboxylic acid groups (broad SMARTS) is 1. The average Bonchev–Trinajstić information content (AvgIpc) is 3.22. The van der Waals surface area contributed by atoms with Gasteiger partial charge in [-0.25, -0.2) is 22.5 Å². The van der Waals surface area contributed by atoms with Crippen LogP contribution in [0.25, 0.3) is 11.0 Å².